The molecule has 1 aliphatic rings. The van der Waals surface area contributed by atoms with Gasteiger partial charge in [-0.05, 0) is 35.7 Å². The molecule has 3 heterocycles. The van der Waals surface area contributed by atoms with Gasteiger partial charge in [-0.15, -0.1) is 5.10 Å². The first kappa shape index (κ1) is 24.0. The second-order valence-electron chi connectivity index (χ2n) is 8.85. The second kappa shape index (κ2) is 10.1. The molecule has 0 saturated carbocycles. The Morgan fingerprint density at radius 3 is 2.42 bits per heavy atom. The number of nitrogens with zero attached hydrogens (tertiary/aromatic N) is 5. The van der Waals surface area contributed by atoms with Crippen LogP contribution in [-0.2, 0) is 34.5 Å². The minimum absolute atomic E-state index is 0.0972. The molecule has 2 aromatic heterocycles. The molecule has 1 fully saturated rings. The molecule has 0 N–H and O–H groups in total. The number of aromatic nitrogens is 3. The molecule has 0 radical (unpaired) electrons. The molecule has 1 amide bonds. The largest absolute Gasteiger partial charge is 0.467 e. The van der Waals surface area contributed by atoms with Crippen molar-refractivity contribution in [1.82, 2.24) is 24.2 Å². The van der Waals surface area contributed by atoms with Crippen LogP contribution in [0, 0.1) is 0 Å². The summed E-state index contributed by atoms with van der Waals surface area (Å²) in [6.45, 7) is 2.49. The number of amides is 1. The van der Waals surface area contributed by atoms with Crippen LogP contribution in [0.25, 0.3) is 11.1 Å². The summed E-state index contributed by atoms with van der Waals surface area (Å²) in [5.41, 5.74) is 3.55. The average molecular weight is 506 g/mol. The molecule has 10 heteroatoms. The number of rotatable bonds is 7. The summed E-state index contributed by atoms with van der Waals surface area (Å²) in [5, 5.41) is 8.24. The van der Waals surface area contributed by atoms with Crippen molar-refractivity contribution in [1.29, 1.82) is 0 Å². The van der Waals surface area contributed by atoms with Gasteiger partial charge < -0.3 is 9.32 Å². The quantitative estimate of drug-likeness (QED) is 0.382. The molecule has 1 saturated heterocycles. The highest BCUT2D eigenvalue weighted by Gasteiger charge is 2.38. The predicted molar refractivity (Wildman–Crippen MR) is 134 cm³/mol. The van der Waals surface area contributed by atoms with Gasteiger partial charge in [-0.1, -0.05) is 59.8 Å². The van der Waals surface area contributed by atoms with Crippen LogP contribution >= 0.6 is 0 Å². The summed E-state index contributed by atoms with van der Waals surface area (Å²) in [5.74, 6) is 0.341. The Bertz CT molecular complexity index is 1420. The summed E-state index contributed by atoms with van der Waals surface area (Å²) in [6, 6.07) is 20.6. The first-order valence-corrected chi connectivity index (χ1v) is 13.3. The van der Waals surface area contributed by atoms with E-state index in [1.807, 2.05) is 60.7 Å². The van der Waals surface area contributed by atoms with Crippen LogP contribution in [0.1, 0.15) is 23.9 Å². The zero-order valence-electron chi connectivity index (χ0n) is 19.9. The van der Waals surface area contributed by atoms with E-state index in [4.69, 9.17) is 4.42 Å². The van der Waals surface area contributed by atoms with Crippen molar-refractivity contribution in [2.75, 3.05) is 12.3 Å². The fourth-order valence-corrected chi connectivity index (χ4v) is 5.94. The smallest absolute Gasteiger partial charge is 0.241 e. The molecule has 5 rings (SSSR count). The van der Waals surface area contributed by atoms with Crippen molar-refractivity contribution in [3.05, 3.63) is 96.2 Å². The SMILES string of the molecule is CC1C(=O)N(Cc2cn(Cc3ccco3)nn2)CCS(=O)(=O)N1Cc1ccc(-c2ccccc2)cc1. The summed E-state index contributed by atoms with van der Waals surface area (Å²) in [6.07, 6.45) is 3.33. The summed E-state index contributed by atoms with van der Waals surface area (Å²) < 4.78 is 34.5. The maximum Gasteiger partial charge on any atom is 0.241 e. The van der Waals surface area contributed by atoms with Gasteiger partial charge in [0.2, 0.25) is 15.9 Å². The molecule has 1 atom stereocenters. The van der Waals surface area contributed by atoms with E-state index in [-0.39, 0.29) is 31.3 Å². The number of carbonyl (C=O) groups is 1. The van der Waals surface area contributed by atoms with E-state index in [2.05, 4.69) is 10.3 Å². The van der Waals surface area contributed by atoms with Crippen LogP contribution in [0.2, 0.25) is 0 Å². The van der Waals surface area contributed by atoms with Crippen molar-refractivity contribution in [2.24, 2.45) is 0 Å². The monoisotopic (exact) mass is 505 g/mol. The molecule has 186 valence electrons. The van der Waals surface area contributed by atoms with Gasteiger partial charge in [0.15, 0.2) is 0 Å². The molecule has 2 aromatic carbocycles. The average Bonchev–Trinajstić information content (AvgIpc) is 3.56. The third kappa shape index (κ3) is 5.24. The second-order valence-corrected chi connectivity index (χ2v) is 10.9. The Hall–Kier alpha value is -3.76. The van der Waals surface area contributed by atoms with Crippen LogP contribution in [0.5, 0.6) is 0 Å². The fourth-order valence-electron chi connectivity index (χ4n) is 4.33. The molecule has 4 aromatic rings. The minimum atomic E-state index is -3.64. The minimum Gasteiger partial charge on any atom is -0.467 e. The highest BCUT2D eigenvalue weighted by atomic mass is 32.2. The number of hydrogen-bond donors (Lipinski definition) is 0. The predicted octanol–water partition coefficient (Wildman–Crippen LogP) is 3.15. The number of benzene rings is 2. The first-order chi connectivity index (χ1) is 17.4. The van der Waals surface area contributed by atoms with Gasteiger partial charge in [-0.3, -0.25) is 4.79 Å². The summed E-state index contributed by atoms with van der Waals surface area (Å²) >= 11 is 0. The lowest BCUT2D eigenvalue weighted by Crippen LogP contribution is -2.45. The van der Waals surface area contributed by atoms with Crippen molar-refractivity contribution in [3.63, 3.8) is 0 Å². The Balaban J connectivity index is 1.28. The van der Waals surface area contributed by atoms with Crippen molar-refractivity contribution in [2.45, 2.75) is 32.6 Å². The fraction of sp³-hybridized carbons (Fsp3) is 0.269. The lowest BCUT2D eigenvalue weighted by molar-refractivity contribution is -0.134. The van der Waals surface area contributed by atoms with Gasteiger partial charge in [0, 0.05) is 13.1 Å². The molecular formula is C26H27N5O4S. The van der Waals surface area contributed by atoms with E-state index >= 15 is 0 Å². The highest BCUT2D eigenvalue weighted by molar-refractivity contribution is 7.89. The van der Waals surface area contributed by atoms with Gasteiger partial charge in [-0.25, -0.2) is 13.1 Å². The Morgan fingerprint density at radius 2 is 1.69 bits per heavy atom. The Labute approximate surface area is 210 Å². The van der Waals surface area contributed by atoms with Crippen LogP contribution in [0.15, 0.2) is 83.6 Å². The van der Waals surface area contributed by atoms with Crippen LogP contribution < -0.4 is 0 Å². The van der Waals surface area contributed by atoms with E-state index in [1.165, 1.54) is 4.31 Å². The number of furan rings is 1. The molecule has 0 spiro atoms. The van der Waals surface area contributed by atoms with E-state index in [0.29, 0.717) is 12.2 Å². The van der Waals surface area contributed by atoms with E-state index in [0.717, 1.165) is 22.5 Å². The van der Waals surface area contributed by atoms with E-state index < -0.39 is 16.1 Å². The van der Waals surface area contributed by atoms with Gasteiger partial charge in [-0.2, -0.15) is 4.31 Å². The third-order valence-corrected chi connectivity index (χ3v) is 8.17. The van der Waals surface area contributed by atoms with Crippen LogP contribution in [-0.4, -0.2) is 56.9 Å². The molecular weight excluding hydrogens is 478 g/mol. The molecule has 9 nitrogen and oxygen atoms in total. The van der Waals surface area contributed by atoms with Gasteiger partial charge in [0.25, 0.3) is 0 Å². The number of sulfonamides is 1. The lowest BCUT2D eigenvalue weighted by Gasteiger charge is -2.26. The van der Waals surface area contributed by atoms with Crippen molar-refractivity contribution >= 4 is 15.9 Å². The van der Waals surface area contributed by atoms with Gasteiger partial charge in [0.1, 0.15) is 24.0 Å². The lowest BCUT2D eigenvalue weighted by atomic mass is 10.0. The molecule has 36 heavy (non-hydrogen) atoms. The zero-order chi connectivity index (χ0) is 25.1. The molecule has 0 aliphatic carbocycles. The number of hydrogen-bond acceptors (Lipinski definition) is 6. The molecule has 1 unspecified atom stereocenters. The zero-order valence-corrected chi connectivity index (χ0v) is 20.7. The topological polar surface area (TPSA) is 102 Å². The van der Waals surface area contributed by atoms with Gasteiger partial charge in [0.05, 0.1) is 24.8 Å². The number of carbonyl (C=O) groups excluding carboxylic acids is 1. The van der Waals surface area contributed by atoms with Crippen molar-refractivity contribution < 1.29 is 17.6 Å². The third-order valence-electron chi connectivity index (χ3n) is 6.31. The highest BCUT2D eigenvalue weighted by Crippen LogP contribution is 2.23. The van der Waals surface area contributed by atoms with E-state index in [9.17, 15) is 13.2 Å². The van der Waals surface area contributed by atoms with Crippen LogP contribution in [0.4, 0.5) is 0 Å². The van der Waals surface area contributed by atoms with Crippen LogP contribution in [0.3, 0.4) is 0 Å². The standard InChI is InChI=1S/C26H27N5O4S/c1-20-26(32)29(17-24-18-30(28-27-24)19-25-8-5-14-35-25)13-15-36(33,34)31(20)16-21-9-11-23(12-10-21)22-6-3-2-4-7-22/h2-12,14,18,20H,13,15-17,19H2,1H3. The summed E-state index contributed by atoms with van der Waals surface area (Å²) in [7, 11) is -3.64. The van der Waals surface area contributed by atoms with E-state index in [1.54, 1.807) is 35.0 Å². The maximum atomic E-state index is 13.3. The first-order valence-electron chi connectivity index (χ1n) is 11.7. The Morgan fingerprint density at radius 1 is 0.944 bits per heavy atom. The van der Waals surface area contributed by atoms with Crippen molar-refractivity contribution in [3.8, 4) is 11.1 Å². The molecule has 0 bridgehead atoms. The normalized spacial score (nSPS) is 18.3. The molecule has 1 aliphatic heterocycles. The maximum absolute atomic E-state index is 13.3. The summed E-state index contributed by atoms with van der Waals surface area (Å²) in [4.78, 5) is 14.8. The Kier molecular flexibility index (Phi) is 6.71. The van der Waals surface area contributed by atoms with Gasteiger partial charge >= 0.3 is 0 Å².